The van der Waals surface area contributed by atoms with Crippen molar-refractivity contribution < 1.29 is 40.5 Å². The maximum absolute atomic E-state index is 12.2. The van der Waals surface area contributed by atoms with Crippen LogP contribution in [-0.2, 0) is 0 Å². The number of benzene rings is 2. The Morgan fingerprint density at radius 3 is 1.76 bits per heavy atom. The van der Waals surface area contributed by atoms with Crippen molar-refractivity contribution in [3.8, 4) is 40.2 Å². The molecule has 0 aliphatic carbocycles. The van der Waals surface area contributed by atoms with E-state index in [0.29, 0.717) is 12.1 Å². The van der Waals surface area contributed by atoms with Gasteiger partial charge in [-0.2, -0.15) is 0 Å². The molecule has 0 saturated heterocycles. The molecule has 2 rings (SSSR count). The van der Waals surface area contributed by atoms with Crippen LogP contribution in [0.15, 0.2) is 18.2 Å². The van der Waals surface area contributed by atoms with Crippen LogP contribution in [-0.4, -0.2) is 41.5 Å². The number of carbonyl (C=O) groups is 1. The smallest absolute Gasteiger partial charge is 0.204 e. The Balaban J connectivity index is 2.66. The van der Waals surface area contributed by atoms with Crippen LogP contribution < -0.4 is 0 Å². The van der Waals surface area contributed by atoms with Gasteiger partial charge in [0.25, 0.3) is 0 Å². The lowest BCUT2D eigenvalue weighted by Crippen LogP contribution is -2.03. The Morgan fingerprint density at radius 2 is 1.14 bits per heavy atom. The molecule has 0 unspecified atom stereocenters. The maximum Gasteiger partial charge on any atom is 0.204 e. The van der Waals surface area contributed by atoms with Crippen molar-refractivity contribution in [3.05, 3.63) is 29.3 Å². The van der Waals surface area contributed by atoms with Crippen LogP contribution in [0.3, 0.4) is 0 Å². The fraction of sp³-hybridized carbons (Fsp3) is 0. The van der Waals surface area contributed by atoms with Gasteiger partial charge in [-0.3, -0.25) is 4.79 Å². The number of hydrogen-bond donors (Lipinski definition) is 7. The van der Waals surface area contributed by atoms with E-state index in [-0.39, 0.29) is 0 Å². The molecule has 21 heavy (non-hydrogen) atoms. The Hall–Kier alpha value is -3.29. The zero-order valence-electron chi connectivity index (χ0n) is 10.3. The Bertz CT molecular complexity index is 751. The van der Waals surface area contributed by atoms with Gasteiger partial charge in [0.05, 0.1) is 5.56 Å². The van der Waals surface area contributed by atoms with Crippen LogP contribution in [0.25, 0.3) is 0 Å². The van der Waals surface area contributed by atoms with Crippen LogP contribution in [0.5, 0.6) is 40.2 Å². The van der Waals surface area contributed by atoms with Crippen molar-refractivity contribution >= 4 is 5.78 Å². The first kappa shape index (κ1) is 14.1. The van der Waals surface area contributed by atoms with E-state index in [2.05, 4.69) is 0 Å². The Labute approximate surface area is 117 Å². The van der Waals surface area contributed by atoms with Gasteiger partial charge in [0.15, 0.2) is 23.0 Å². The summed E-state index contributed by atoms with van der Waals surface area (Å²) in [7, 11) is 0. The molecule has 0 bridgehead atoms. The highest BCUT2D eigenvalue weighted by Gasteiger charge is 2.26. The zero-order chi connectivity index (χ0) is 15.9. The number of phenolic OH excluding ortho intramolecular Hbond substituents is 7. The van der Waals surface area contributed by atoms with Gasteiger partial charge in [-0.15, -0.1) is 0 Å². The summed E-state index contributed by atoms with van der Waals surface area (Å²) in [5.74, 6) is -7.07. The summed E-state index contributed by atoms with van der Waals surface area (Å²) in [4.78, 5) is 12.2. The first-order valence-corrected chi connectivity index (χ1v) is 5.50. The second-order valence-corrected chi connectivity index (χ2v) is 4.17. The van der Waals surface area contributed by atoms with E-state index in [9.17, 15) is 40.5 Å². The minimum atomic E-state index is -1.15. The number of hydrogen-bond acceptors (Lipinski definition) is 8. The quantitative estimate of drug-likeness (QED) is 0.244. The molecule has 110 valence electrons. The maximum atomic E-state index is 12.2. The number of rotatable bonds is 2. The molecule has 8 heteroatoms. The topological polar surface area (TPSA) is 159 Å². The van der Waals surface area contributed by atoms with Crippen molar-refractivity contribution in [2.75, 3.05) is 0 Å². The number of carbonyl (C=O) groups excluding carboxylic acids is 1. The van der Waals surface area contributed by atoms with Crippen LogP contribution in [0, 0.1) is 0 Å². The second kappa shape index (κ2) is 4.67. The molecular formula is C13H10O8. The predicted octanol–water partition coefficient (Wildman–Crippen LogP) is 0.857. The molecule has 0 aliphatic rings. The van der Waals surface area contributed by atoms with E-state index in [4.69, 9.17) is 0 Å². The molecule has 0 aromatic heterocycles. The third-order valence-electron chi connectivity index (χ3n) is 2.80. The number of phenols is 7. The molecule has 0 heterocycles. The number of aromatic hydroxyl groups is 7. The van der Waals surface area contributed by atoms with Crippen molar-refractivity contribution in [3.63, 3.8) is 0 Å². The minimum absolute atomic E-state index is 0.541. The third-order valence-corrected chi connectivity index (χ3v) is 2.80. The second-order valence-electron chi connectivity index (χ2n) is 4.17. The van der Waals surface area contributed by atoms with E-state index in [1.165, 1.54) is 0 Å². The summed E-state index contributed by atoms with van der Waals surface area (Å²) in [6.07, 6.45) is 0. The Morgan fingerprint density at radius 1 is 0.619 bits per heavy atom. The van der Waals surface area contributed by atoms with E-state index >= 15 is 0 Å². The molecule has 2 aromatic carbocycles. The zero-order valence-corrected chi connectivity index (χ0v) is 10.3. The van der Waals surface area contributed by atoms with Gasteiger partial charge in [-0.1, -0.05) is 0 Å². The Kier molecular flexibility index (Phi) is 3.14. The number of ketones is 1. The molecular weight excluding hydrogens is 284 g/mol. The van der Waals surface area contributed by atoms with Gasteiger partial charge < -0.3 is 35.7 Å². The normalized spacial score (nSPS) is 10.5. The highest BCUT2D eigenvalue weighted by atomic mass is 16.3. The third kappa shape index (κ3) is 2.18. The van der Waals surface area contributed by atoms with E-state index < -0.39 is 57.2 Å². The van der Waals surface area contributed by atoms with Gasteiger partial charge >= 0.3 is 0 Å². The van der Waals surface area contributed by atoms with Gasteiger partial charge in [-0.25, -0.2) is 0 Å². The lowest BCUT2D eigenvalue weighted by atomic mass is 9.99. The van der Waals surface area contributed by atoms with Crippen LogP contribution in [0.2, 0.25) is 0 Å². The lowest BCUT2D eigenvalue weighted by molar-refractivity contribution is 0.103. The fourth-order valence-electron chi connectivity index (χ4n) is 1.74. The van der Waals surface area contributed by atoms with E-state index in [0.717, 1.165) is 6.07 Å². The average Bonchev–Trinajstić information content (AvgIpc) is 2.40. The van der Waals surface area contributed by atoms with Crippen molar-refractivity contribution in [1.29, 1.82) is 0 Å². The minimum Gasteiger partial charge on any atom is -0.507 e. The molecule has 0 spiro atoms. The van der Waals surface area contributed by atoms with Gasteiger partial charge in [0.2, 0.25) is 11.5 Å². The van der Waals surface area contributed by atoms with Crippen LogP contribution >= 0.6 is 0 Å². The molecule has 0 amide bonds. The average molecular weight is 294 g/mol. The molecule has 0 aliphatic heterocycles. The van der Waals surface area contributed by atoms with Crippen LogP contribution in [0.1, 0.15) is 15.9 Å². The SMILES string of the molecule is O=C(c1cc(O)c(O)cc1O)c1c(O)cc(O)c(O)c1O. The van der Waals surface area contributed by atoms with Crippen molar-refractivity contribution in [2.24, 2.45) is 0 Å². The summed E-state index contributed by atoms with van der Waals surface area (Å²) in [6.45, 7) is 0. The van der Waals surface area contributed by atoms with E-state index in [1.807, 2.05) is 0 Å². The summed E-state index contributed by atoms with van der Waals surface area (Å²) in [6, 6.07) is 2.03. The first-order chi connectivity index (χ1) is 9.73. The highest BCUT2D eigenvalue weighted by Crippen LogP contribution is 2.44. The molecule has 0 radical (unpaired) electrons. The van der Waals surface area contributed by atoms with E-state index in [1.54, 1.807) is 0 Å². The molecule has 0 fully saturated rings. The van der Waals surface area contributed by atoms with Gasteiger partial charge in [0.1, 0.15) is 17.1 Å². The first-order valence-electron chi connectivity index (χ1n) is 5.50. The molecule has 0 saturated carbocycles. The molecule has 0 atom stereocenters. The van der Waals surface area contributed by atoms with Crippen LogP contribution in [0.4, 0.5) is 0 Å². The highest BCUT2D eigenvalue weighted by molar-refractivity contribution is 6.14. The monoisotopic (exact) mass is 294 g/mol. The van der Waals surface area contributed by atoms with Crippen molar-refractivity contribution in [2.45, 2.75) is 0 Å². The predicted molar refractivity (Wildman–Crippen MR) is 68.0 cm³/mol. The largest absolute Gasteiger partial charge is 0.507 e. The van der Waals surface area contributed by atoms with Crippen molar-refractivity contribution in [1.82, 2.24) is 0 Å². The summed E-state index contributed by atoms with van der Waals surface area (Å²) in [5, 5.41) is 65.9. The molecule has 7 N–H and O–H groups in total. The molecule has 2 aromatic rings. The summed E-state index contributed by atoms with van der Waals surface area (Å²) in [5.41, 5.74) is -1.33. The standard InChI is InChI=1S/C13H10O8/c14-5-2-7(16)6(15)1-4(5)11(19)10-8(17)3-9(18)12(20)13(10)21/h1-3,14-18,20-21H. The van der Waals surface area contributed by atoms with Gasteiger partial charge in [-0.05, 0) is 6.07 Å². The summed E-state index contributed by atoms with van der Waals surface area (Å²) < 4.78 is 0. The summed E-state index contributed by atoms with van der Waals surface area (Å²) >= 11 is 0. The molecule has 8 nitrogen and oxygen atoms in total. The fourth-order valence-corrected chi connectivity index (χ4v) is 1.74. The lowest BCUT2D eigenvalue weighted by Gasteiger charge is -2.11. The van der Waals surface area contributed by atoms with Gasteiger partial charge in [0, 0.05) is 12.1 Å².